The first kappa shape index (κ1) is 11.0. The van der Waals surface area contributed by atoms with Gasteiger partial charge in [-0.3, -0.25) is 0 Å². The van der Waals surface area contributed by atoms with E-state index in [9.17, 15) is 0 Å². The minimum atomic E-state index is 0.281. The molecule has 1 aliphatic heterocycles. The summed E-state index contributed by atoms with van der Waals surface area (Å²) in [5, 5.41) is 12.4. The van der Waals surface area contributed by atoms with Crippen LogP contribution >= 0.6 is 11.8 Å². The van der Waals surface area contributed by atoms with Crippen molar-refractivity contribution in [2.75, 3.05) is 5.75 Å². The van der Waals surface area contributed by atoms with Gasteiger partial charge in [0, 0.05) is 18.3 Å². The van der Waals surface area contributed by atoms with Gasteiger partial charge in [0.25, 0.3) is 0 Å². The maximum Gasteiger partial charge on any atom is 0.149 e. The lowest BCUT2D eigenvalue weighted by atomic mass is 10.1. The van der Waals surface area contributed by atoms with E-state index in [-0.39, 0.29) is 6.04 Å². The molecule has 0 radical (unpaired) electrons. The summed E-state index contributed by atoms with van der Waals surface area (Å²) in [5.41, 5.74) is 0. The third-order valence-electron chi connectivity index (χ3n) is 2.97. The van der Waals surface area contributed by atoms with Crippen LogP contribution in [0.5, 0.6) is 0 Å². The molecule has 1 fully saturated rings. The van der Waals surface area contributed by atoms with Crippen molar-refractivity contribution in [1.29, 1.82) is 0 Å². The Labute approximate surface area is 94.8 Å². The Bertz CT molecular complexity index is 325. The van der Waals surface area contributed by atoms with Gasteiger partial charge < -0.3 is 9.88 Å². The monoisotopic (exact) mass is 226 g/mol. The molecule has 0 amide bonds. The number of nitrogens with zero attached hydrogens (tertiary/aromatic N) is 3. The van der Waals surface area contributed by atoms with Crippen LogP contribution in [0.15, 0.2) is 6.33 Å². The number of nitrogens with one attached hydrogen (secondary N) is 1. The van der Waals surface area contributed by atoms with Crippen molar-refractivity contribution < 1.29 is 0 Å². The van der Waals surface area contributed by atoms with Crippen molar-refractivity contribution in [3.8, 4) is 0 Å². The molecule has 1 aromatic heterocycles. The van der Waals surface area contributed by atoms with Crippen LogP contribution in [0, 0.1) is 0 Å². The standard InChI is InChI=1S/C10H18N4S/c1-7(10-13-11-6-14(10)3)12-9-4-5-15-8(9)2/h6-9,12H,4-5H2,1-3H3. The minimum Gasteiger partial charge on any atom is -0.319 e. The molecule has 1 aromatic rings. The summed E-state index contributed by atoms with van der Waals surface area (Å²) in [7, 11) is 1.99. The Morgan fingerprint density at radius 2 is 2.47 bits per heavy atom. The lowest BCUT2D eigenvalue weighted by Crippen LogP contribution is -2.36. The highest BCUT2D eigenvalue weighted by Gasteiger charge is 2.26. The zero-order valence-corrected chi connectivity index (χ0v) is 10.3. The zero-order chi connectivity index (χ0) is 10.8. The second-order valence-corrected chi connectivity index (χ2v) is 5.64. The Morgan fingerprint density at radius 3 is 3.00 bits per heavy atom. The first-order valence-electron chi connectivity index (χ1n) is 5.40. The number of thioether (sulfide) groups is 1. The van der Waals surface area contributed by atoms with Gasteiger partial charge >= 0.3 is 0 Å². The van der Waals surface area contributed by atoms with E-state index in [4.69, 9.17) is 0 Å². The van der Waals surface area contributed by atoms with Gasteiger partial charge in [0.1, 0.15) is 12.2 Å². The molecule has 1 aliphatic rings. The number of rotatable bonds is 3. The summed E-state index contributed by atoms with van der Waals surface area (Å²) < 4.78 is 1.98. The van der Waals surface area contributed by atoms with E-state index in [0.717, 1.165) is 5.82 Å². The summed E-state index contributed by atoms with van der Waals surface area (Å²) >= 11 is 2.04. The highest BCUT2D eigenvalue weighted by Crippen LogP contribution is 2.27. The number of hydrogen-bond acceptors (Lipinski definition) is 4. The lowest BCUT2D eigenvalue weighted by molar-refractivity contribution is 0.433. The Morgan fingerprint density at radius 1 is 1.67 bits per heavy atom. The average molecular weight is 226 g/mol. The minimum absolute atomic E-state index is 0.281. The molecule has 3 unspecified atom stereocenters. The van der Waals surface area contributed by atoms with Crippen molar-refractivity contribution in [2.24, 2.45) is 7.05 Å². The predicted molar refractivity (Wildman–Crippen MR) is 62.9 cm³/mol. The smallest absolute Gasteiger partial charge is 0.149 e. The first-order chi connectivity index (χ1) is 7.18. The van der Waals surface area contributed by atoms with Crippen molar-refractivity contribution in [3.63, 3.8) is 0 Å². The topological polar surface area (TPSA) is 42.7 Å². The molecular formula is C10H18N4S. The van der Waals surface area contributed by atoms with Crippen LogP contribution in [-0.4, -0.2) is 31.8 Å². The van der Waals surface area contributed by atoms with E-state index >= 15 is 0 Å². The first-order valence-corrected chi connectivity index (χ1v) is 6.45. The second kappa shape index (κ2) is 4.53. The van der Waals surface area contributed by atoms with Crippen LogP contribution in [0.2, 0.25) is 0 Å². The molecule has 0 spiro atoms. The van der Waals surface area contributed by atoms with Crippen molar-refractivity contribution in [1.82, 2.24) is 20.1 Å². The molecule has 1 N–H and O–H groups in total. The summed E-state index contributed by atoms with van der Waals surface area (Å²) in [5.74, 6) is 2.28. The van der Waals surface area contributed by atoms with E-state index in [1.807, 2.05) is 23.4 Å². The van der Waals surface area contributed by atoms with Gasteiger partial charge in [-0.15, -0.1) is 10.2 Å². The Hall–Kier alpha value is -0.550. The van der Waals surface area contributed by atoms with Crippen LogP contribution in [0.25, 0.3) is 0 Å². The molecule has 0 aromatic carbocycles. The van der Waals surface area contributed by atoms with Crippen LogP contribution in [-0.2, 0) is 7.05 Å². The average Bonchev–Trinajstić information content (AvgIpc) is 2.76. The third kappa shape index (κ3) is 2.34. The SMILES string of the molecule is CC(NC1CCSC1C)c1nncn1C. The largest absolute Gasteiger partial charge is 0.319 e. The molecule has 0 saturated carbocycles. The van der Waals surface area contributed by atoms with Gasteiger partial charge in [-0.2, -0.15) is 11.8 Å². The van der Waals surface area contributed by atoms with Crippen LogP contribution in [0.1, 0.15) is 32.1 Å². The van der Waals surface area contributed by atoms with Crippen molar-refractivity contribution >= 4 is 11.8 Å². The van der Waals surface area contributed by atoms with E-state index in [1.165, 1.54) is 12.2 Å². The summed E-state index contributed by atoms with van der Waals surface area (Å²) in [4.78, 5) is 0. The molecule has 84 valence electrons. The molecule has 0 bridgehead atoms. The number of aromatic nitrogens is 3. The maximum absolute atomic E-state index is 4.13. The quantitative estimate of drug-likeness (QED) is 0.845. The lowest BCUT2D eigenvalue weighted by Gasteiger charge is -2.21. The normalized spacial score (nSPS) is 28.2. The summed E-state index contributed by atoms with van der Waals surface area (Å²) in [6.45, 7) is 4.44. The molecule has 1 saturated heterocycles. The van der Waals surface area contributed by atoms with Gasteiger partial charge in [0.15, 0.2) is 0 Å². The molecule has 0 aliphatic carbocycles. The highest BCUT2D eigenvalue weighted by atomic mass is 32.2. The van der Waals surface area contributed by atoms with Gasteiger partial charge in [-0.1, -0.05) is 6.92 Å². The molecule has 2 heterocycles. The molecule has 2 rings (SSSR count). The van der Waals surface area contributed by atoms with E-state index in [1.54, 1.807) is 6.33 Å². The predicted octanol–water partition coefficient (Wildman–Crippen LogP) is 1.36. The van der Waals surface area contributed by atoms with Crippen LogP contribution < -0.4 is 5.32 Å². The van der Waals surface area contributed by atoms with Gasteiger partial charge in [-0.25, -0.2) is 0 Å². The van der Waals surface area contributed by atoms with Gasteiger partial charge in [0.05, 0.1) is 6.04 Å². The molecule has 4 nitrogen and oxygen atoms in total. The van der Waals surface area contributed by atoms with Gasteiger partial charge in [0.2, 0.25) is 0 Å². The molecular weight excluding hydrogens is 208 g/mol. The third-order valence-corrected chi connectivity index (χ3v) is 4.30. The van der Waals surface area contributed by atoms with Gasteiger partial charge in [-0.05, 0) is 19.1 Å². The van der Waals surface area contributed by atoms with Crippen LogP contribution in [0.4, 0.5) is 0 Å². The number of aryl methyl sites for hydroxylation is 1. The molecule has 15 heavy (non-hydrogen) atoms. The fourth-order valence-corrected chi connectivity index (χ4v) is 3.24. The molecule has 3 atom stereocenters. The van der Waals surface area contributed by atoms with Crippen LogP contribution in [0.3, 0.4) is 0 Å². The Kier molecular flexibility index (Phi) is 3.31. The summed E-state index contributed by atoms with van der Waals surface area (Å²) in [6, 6.07) is 0.894. The van der Waals surface area contributed by atoms with E-state index < -0.39 is 0 Å². The summed E-state index contributed by atoms with van der Waals surface area (Å²) in [6.07, 6.45) is 3.01. The van der Waals surface area contributed by atoms with E-state index in [2.05, 4.69) is 29.4 Å². The fraction of sp³-hybridized carbons (Fsp3) is 0.800. The van der Waals surface area contributed by atoms with Crippen molar-refractivity contribution in [2.45, 2.75) is 37.6 Å². The Balaban J connectivity index is 1.97. The maximum atomic E-state index is 4.13. The van der Waals surface area contributed by atoms with E-state index in [0.29, 0.717) is 11.3 Å². The van der Waals surface area contributed by atoms with Crippen molar-refractivity contribution in [3.05, 3.63) is 12.2 Å². The fourth-order valence-electron chi connectivity index (χ4n) is 2.03. The number of hydrogen-bond donors (Lipinski definition) is 1. The zero-order valence-electron chi connectivity index (χ0n) is 9.47. The highest BCUT2D eigenvalue weighted by molar-refractivity contribution is 8.00. The second-order valence-electron chi connectivity index (χ2n) is 4.16. The molecule has 5 heteroatoms.